The minimum absolute atomic E-state index is 0. The summed E-state index contributed by atoms with van der Waals surface area (Å²) in [6, 6.07) is 0. The molecule has 54 heavy (non-hydrogen) atoms. The quantitative estimate of drug-likeness (QED) is 0.0920. The van der Waals surface area contributed by atoms with E-state index in [0.717, 1.165) is 121 Å². The number of nitrogens with zero attached hydrogens (tertiary/aromatic N) is 5. The predicted octanol–water partition coefficient (Wildman–Crippen LogP) is 11.4. The number of hydrogen-bond acceptors (Lipinski definition) is 9. The normalized spacial score (nSPS) is 12.8. The number of hydrogen-bond donors (Lipinski definition) is 5. The van der Waals surface area contributed by atoms with Gasteiger partial charge < -0.3 is 73.5 Å². The van der Waals surface area contributed by atoms with Gasteiger partial charge in [-0.1, -0.05) is 101 Å². The zero-order valence-electron chi connectivity index (χ0n) is 35.1. The molecule has 2 radical (unpaired) electrons. The van der Waals surface area contributed by atoms with E-state index in [2.05, 4.69) is 51.1 Å². The first kappa shape index (κ1) is 111. The van der Waals surface area contributed by atoms with E-state index in [-0.39, 0.29) is 181 Å². The van der Waals surface area contributed by atoms with E-state index >= 15 is 0 Å². The molecule has 0 aromatic rings. The molecule has 0 saturated carbocycles. The van der Waals surface area contributed by atoms with Gasteiger partial charge in [-0.25, -0.2) is 1.37 Å². The smallest absolute Gasteiger partial charge is 0.135 e. The summed E-state index contributed by atoms with van der Waals surface area (Å²) < 4.78 is 5.50. The fourth-order valence-electron chi connectivity index (χ4n) is 3.03. The summed E-state index contributed by atoms with van der Waals surface area (Å²) in [5.74, 6) is 0.402. The van der Waals surface area contributed by atoms with Crippen LogP contribution in [0.15, 0.2) is 15.5 Å². The Morgan fingerprint density at radius 3 is 0.815 bits per heavy atom. The summed E-state index contributed by atoms with van der Waals surface area (Å²) >= 11 is 0. The molecular weight excluding hydrogens is 1350 g/mol. The molecule has 4 aliphatic heterocycles. The van der Waals surface area contributed by atoms with E-state index in [0.29, 0.717) is 5.78 Å². The maximum Gasteiger partial charge on any atom is 0.135 e. The molecule has 0 spiro atoms. The minimum Gasteiger partial charge on any atom is -0.662 e. The molecule has 0 aliphatic carbocycles. The first-order valence-corrected chi connectivity index (χ1v) is 15.7. The van der Waals surface area contributed by atoms with E-state index in [1.165, 1.54) is 0 Å². The number of oxime groups is 3. The minimum atomic E-state index is 0. The molecule has 336 valence electrons. The van der Waals surface area contributed by atoms with Crippen molar-refractivity contribution in [3.8, 4) is 0 Å². The Labute approximate surface area is 437 Å². The molecule has 0 unspecified atom stereocenters. The van der Waals surface area contributed by atoms with Crippen molar-refractivity contribution >= 4 is 22.9 Å². The van der Waals surface area contributed by atoms with Gasteiger partial charge in [0.25, 0.3) is 0 Å². The molecule has 4 aliphatic rings. The molecule has 5 N–H and O–H groups in total. The monoisotopic (exact) mass is 1440 g/mol. The second kappa shape index (κ2) is 117. The Kier molecular flexibility index (Phi) is 242. The number of Topliss-reactive ketones (excluding diaryl/α,β-unsaturated/α-hetero) is 1. The van der Waals surface area contributed by atoms with Crippen LogP contribution in [0.1, 0.15) is 145 Å². The van der Waals surface area contributed by atoms with Gasteiger partial charge in [0, 0.05) is 180 Å². The van der Waals surface area contributed by atoms with E-state index in [1.807, 2.05) is 55.4 Å². The second-order valence-corrected chi connectivity index (χ2v) is 7.38. The third-order valence-electron chi connectivity index (χ3n) is 5.00. The van der Waals surface area contributed by atoms with Crippen molar-refractivity contribution in [2.24, 2.45) is 15.5 Å². The maximum atomic E-state index is 10.4. The van der Waals surface area contributed by atoms with Gasteiger partial charge in [0.15, 0.2) is 0 Å². The zero-order valence-corrected chi connectivity index (χ0v) is 48.6. The van der Waals surface area contributed by atoms with Gasteiger partial charge in [0.2, 0.25) is 0 Å². The van der Waals surface area contributed by atoms with E-state index in [4.69, 9.17) is 17.0 Å². The number of carbonyl (C=O) groups is 1. The van der Waals surface area contributed by atoms with Crippen molar-refractivity contribution in [2.45, 2.75) is 143 Å². The molecular formula is C38H94N7O4W3Y2-7. The molecule has 4 saturated heterocycles. The number of nitrogens with one attached hydrogen (secondary N) is 2. The summed E-state index contributed by atoms with van der Waals surface area (Å²) in [4.78, 5) is 10.4. The zero-order chi connectivity index (χ0) is 34.6. The summed E-state index contributed by atoms with van der Waals surface area (Å²) in [6.45, 7) is 28.0. The number of carbonyl (C=O) groups excluding carboxylic acids is 1. The van der Waals surface area contributed by atoms with Crippen molar-refractivity contribution in [3.63, 3.8) is 0 Å². The predicted molar refractivity (Wildman–Crippen MR) is 231 cm³/mol. The van der Waals surface area contributed by atoms with Crippen LogP contribution in [0.3, 0.4) is 0 Å². The SMILES string of the molecule is C.C.C.C.CC.CC.CC.CC.O=C1CCNCC1.ON=C1CCNCC1.ON=C1CC[N-]CC1.ON=C1CC[N-]CC1.[2H][CH2-].[CH2-]C.[CH3-].[CH3-].[CH3-].[W].[W].[W].[Y].[Y]. The van der Waals surface area contributed by atoms with Crippen LogP contribution in [0.4, 0.5) is 0 Å². The van der Waals surface area contributed by atoms with Gasteiger partial charge in [-0.2, -0.15) is 6.92 Å². The van der Waals surface area contributed by atoms with Gasteiger partial charge in [-0.3, -0.25) is 4.79 Å². The molecule has 0 aromatic heterocycles. The summed E-state index contributed by atoms with van der Waals surface area (Å²) in [6.07, 6.45) is 6.65. The number of ketones is 1. The van der Waals surface area contributed by atoms with Crippen LogP contribution in [0.25, 0.3) is 10.6 Å². The Morgan fingerprint density at radius 1 is 0.500 bits per heavy atom. The fourth-order valence-corrected chi connectivity index (χ4v) is 3.03. The third kappa shape index (κ3) is 94.9. The second-order valence-electron chi connectivity index (χ2n) is 7.38. The molecule has 4 rings (SSSR count). The van der Waals surface area contributed by atoms with Gasteiger partial charge >= 0.3 is 0 Å². The first-order chi connectivity index (χ1) is 21.2. The van der Waals surface area contributed by atoms with Crippen molar-refractivity contribution in [2.75, 3.05) is 52.4 Å². The molecule has 0 atom stereocenters. The molecule has 0 bridgehead atoms. The largest absolute Gasteiger partial charge is 0.662 e. The van der Waals surface area contributed by atoms with E-state index in [1.54, 1.807) is 6.92 Å². The van der Waals surface area contributed by atoms with Crippen LogP contribution >= 0.6 is 0 Å². The number of piperidine rings is 4. The fraction of sp³-hybridized carbons (Fsp3) is 0.763. The van der Waals surface area contributed by atoms with Crippen molar-refractivity contribution in [1.29, 1.82) is 0 Å². The molecule has 4 fully saturated rings. The summed E-state index contributed by atoms with van der Waals surface area (Å²) in [5, 5.41) is 48.5. The van der Waals surface area contributed by atoms with Gasteiger partial charge in [-0.05, 0) is 25.7 Å². The van der Waals surface area contributed by atoms with Crippen LogP contribution in [0.5, 0.6) is 0 Å². The Hall–Kier alpha value is 2.19. The molecule has 0 aromatic carbocycles. The van der Waals surface area contributed by atoms with Crippen molar-refractivity contribution in [1.82, 2.24) is 10.6 Å². The van der Waals surface area contributed by atoms with Crippen LogP contribution < -0.4 is 10.6 Å². The topological polar surface area (TPSA) is 167 Å². The third-order valence-corrected chi connectivity index (χ3v) is 5.00. The standard InChI is InChI=1S/C5H10N2O.2C5H9N2O.C5H9NO.4C2H6.C2H5.4CH4.4CH3.3W.2Y/c3*8-7-5-1-3-6-4-2-5;7-5-1-3-6-4-2-5;5*1-2;;;;;;;;;;;;;/h6,8H,1-4H2;2*8H,1-4H2;6H,1-4H2;4*1-2H3;1H2,2H3;4*1H4;4*1H3;;;;;/q;2*-1;;;;;;-1;;;;;4*-1;;;;;/i;;;;;;;;;;;;;1D;;;;;;;;. The van der Waals surface area contributed by atoms with Gasteiger partial charge in [0.05, 0.1) is 17.1 Å². The van der Waals surface area contributed by atoms with Crippen LogP contribution in [-0.4, -0.2) is 90.9 Å². The van der Waals surface area contributed by atoms with Gasteiger partial charge in [-0.15, -0.1) is 26.2 Å². The van der Waals surface area contributed by atoms with Crippen molar-refractivity contribution in [3.05, 3.63) is 47.2 Å². The molecule has 4 heterocycles. The van der Waals surface area contributed by atoms with E-state index in [9.17, 15) is 4.79 Å². The van der Waals surface area contributed by atoms with Crippen molar-refractivity contribution < 1.29 is 150 Å². The van der Waals surface area contributed by atoms with Crippen LogP contribution in [0.2, 0.25) is 0 Å². The van der Waals surface area contributed by atoms with Gasteiger partial charge in [0.1, 0.15) is 5.78 Å². The Morgan fingerprint density at radius 2 is 0.685 bits per heavy atom. The molecule has 0 amide bonds. The summed E-state index contributed by atoms with van der Waals surface area (Å²) in [7, 11) is 2.50. The van der Waals surface area contributed by atoms with E-state index < -0.39 is 0 Å². The maximum absolute atomic E-state index is 10.4. The van der Waals surface area contributed by atoms with Crippen LogP contribution in [-0.2, 0) is 133 Å². The summed E-state index contributed by atoms with van der Waals surface area (Å²) in [5.41, 5.74) is 2.70. The van der Waals surface area contributed by atoms with Crippen LogP contribution in [0, 0.1) is 36.6 Å². The Bertz CT molecular complexity index is 533. The number of rotatable bonds is 0. The molecule has 11 nitrogen and oxygen atoms in total. The Balaban J connectivity index is -0.0000000178. The average Bonchev–Trinajstić information content (AvgIpc) is 3.15. The molecule has 16 heteroatoms. The average molecular weight is 1440 g/mol. The first-order valence-electron chi connectivity index (χ1n) is 16.4.